The van der Waals surface area contributed by atoms with Crippen LogP contribution in [0.4, 0.5) is 14.6 Å². The number of rotatable bonds is 7. The summed E-state index contributed by atoms with van der Waals surface area (Å²) in [5.74, 6) is -0.706. The van der Waals surface area contributed by atoms with Gasteiger partial charge >= 0.3 is 0 Å². The summed E-state index contributed by atoms with van der Waals surface area (Å²) in [5.41, 5.74) is 1.78. The molecule has 0 bridgehead atoms. The smallest absolute Gasteiger partial charge is 0.240 e. The first-order valence-corrected chi connectivity index (χ1v) is 10.2. The number of benzene rings is 1. The molecule has 2 N–H and O–H groups in total. The van der Waals surface area contributed by atoms with Gasteiger partial charge < -0.3 is 5.32 Å². The van der Waals surface area contributed by atoms with Gasteiger partial charge in [-0.25, -0.2) is 36.6 Å². The quantitative estimate of drug-likeness (QED) is 0.567. The fourth-order valence-corrected chi connectivity index (χ4v) is 3.76. The van der Waals surface area contributed by atoms with Crippen LogP contribution in [0.2, 0.25) is 0 Å². The van der Waals surface area contributed by atoms with Crippen molar-refractivity contribution in [1.82, 2.24) is 24.5 Å². The van der Waals surface area contributed by atoms with Crippen LogP contribution in [-0.4, -0.2) is 41.3 Å². The Kier molecular flexibility index (Phi) is 5.89. The van der Waals surface area contributed by atoms with Crippen molar-refractivity contribution in [2.24, 2.45) is 0 Å². The molecule has 0 spiro atoms. The van der Waals surface area contributed by atoms with Crippen molar-refractivity contribution < 1.29 is 17.2 Å². The van der Waals surface area contributed by atoms with Gasteiger partial charge in [0.25, 0.3) is 0 Å². The zero-order chi connectivity index (χ0) is 21.2. The third kappa shape index (κ3) is 4.93. The second-order valence-corrected chi connectivity index (χ2v) is 8.16. The third-order valence-corrected chi connectivity index (χ3v) is 5.43. The van der Waals surface area contributed by atoms with Crippen molar-refractivity contribution in [2.45, 2.75) is 25.7 Å². The van der Waals surface area contributed by atoms with Gasteiger partial charge in [0.15, 0.2) is 17.5 Å². The van der Waals surface area contributed by atoms with E-state index in [1.54, 1.807) is 17.7 Å². The van der Waals surface area contributed by atoms with Crippen LogP contribution in [-0.2, 0) is 10.0 Å². The molecule has 0 saturated heterocycles. The van der Waals surface area contributed by atoms with Crippen molar-refractivity contribution in [1.29, 1.82) is 0 Å². The highest BCUT2D eigenvalue weighted by atomic mass is 32.2. The maximum Gasteiger partial charge on any atom is 0.240 e. The highest BCUT2D eigenvalue weighted by Gasteiger charge is 2.16. The Hall–Kier alpha value is -2.92. The summed E-state index contributed by atoms with van der Waals surface area (Å²) in [6.07, 6.45) is 0. The lowest BCUT2D eigenvalue weighted by molar-refractivity contribution is 0.504. The zero-order valence-electron chi connectivity index (χ0n) is 16.1. The molecule has 0 atom stereocenters. The lowest BCUT2D eigenvalue weighted by Crippen LogP contribution is -2.29. The molecule has 11 heteroatoms. The standard InChI is InChI=1S/C18H20F2N6O2S/c1-11-8-12(2)26(25-11)18-10-17(23-13(3)24-18)21-6-7-22-29(27,28)14-4-5-15(19)16(20)9-14/h4-5,8-10,22H,6-7H2,1-3H3,(H,21,23,24). The molecule has 1 aromatic carbocycles. The molecule has 154 valence electrons. The Balaban J connectivity index is 1.65. The number of sulfonamides is 1. The fraction of sp³-hybridized carbons (Fsp3) is 0.278. The lowest BCUT2D eigenvalue weighted by atomic mass is 10.3. The molecule has 0 aliphatic carbocycles. The number of anilines is 1. The van der Waals surface area contributed by atoms with E-state index < -0.39 is 21.7 Å². The number of nitrogens with one attached hydrogen (secondary N) is 2. The van der Waals surface area contributed by atoms with E-state index in [1.807, 2.05) is 19.9 Å². The number of halogens is 2. The first kappa shape index (κ1) is 20.8. The Morgan fingerprint density at radius 1 is 1.00 bits per heavy atom. The van der Waals surface area contributed by atoms with E-state index in [2.05, 4.69) is 25.1 Å². The molecule has 3 aromatic rings. The van der Waals surface area contributed by atoms with Crippen LogP contribution in [0.1, 0.15) is 17.2 Å². The summed E-state index contributed by atoms with van der Waals surface area (Å²) in [6, 6.07) is 6.04. The molecular formula is C18H20F2N6O2S. The van der Waals surface area contributed by atoms with Crippen LogP contribution < -0.4 is 10.0 Å². The van der Waals surface area contributed by atoms with E-state index in [-0.39, 0.29) is 18.0 Å². The van der Waals surface area contributed by atoms with Gasteiger partial charge in [-0.2, -0.15) is 5.10 Å². The lowest BCUT2D eigenvalue weighted by Gasteiger charge is -2.11. The molecule has 0 saturated carbocycles. The van der Waals surface area contributed by atoms with E-state index in [0.717, 1.165) is 23.5 Å². The minimum absolute atomic E-state index is 0.0135. The van der Waals surface area contributed by atoms with E-state index in [9.17, 15) is 17.2 Å². The molecule has 29 heavy (non-hydrogen) atoms. The van der Waals surface area contributed by atoms with E-state index in [1.165, 1.54) is 0 Å². The van der Waals surface area contributed by atoms with Crippen LogP contribution >= 0.6 is 0 Å². The van der Waals surface area contributed by atoms with Gasteiger partial charge in [-0.15, -0.1) is 0 Å². The maximum absolute atomic E-state index is 13.3. The highest BCUT2D eigenvalue weighted by Crippen LogP contribution is 2.15. The van der Waals surface area contributed by atoms with Gasteiger partial charge in [0.1, 0.15) is 11.6 Å². The second-order valence-electron chi connectivity index (χ2n) is 6.40. The van der Waals surface area contributed by atoms with Crippen LogP contribution in [0.15, 0.2) is 35.2 Å². The Morgan fingerprint density at radius 3 is 2.41 bits per heavy atom. The minimum Gasteiger partial charge on any atom is -0.369 e. The topological polar surface area (TPSA) is 102 Å². The summed E-state index contributed by atoms with van der Waals surface area (Å²) < 4.78 is 54.6. The van der Waals surface area contributed by atoms with Gasteiger partial charge in [-0.1, -0.05) is 0 Å². The van der Waals surface area contributed by atoms with Gasteiger partial charge in [0, 0.05) is 24.8 Å². The van der Waals surface area contributed by atoms with Crippen LogP contribution in [0, 0.1) is 32.4 Å². The predicted octanol–water partition coefficient (Wildman–Crippen LogP) is 2.26. The number of hydrogen-bond donors (Lipinski definition) is 2. The Labute approximate surface area is 167 Å². The molecular weight excluding hydrogens is 402 g/mol. The van der Waals surface area contributed by atoms with Crippen LogP contribution in [0.25, 0.3) is 5.82 Å². The normalized spacial score (nSPS) is 11.6. The summed E-state index contributed by atoms with van der Waals surface area (Å²) >= 11 is 0. The van der Waals surface area contributed by atoms with E-state index >= 15 is 0 Å². The molecule has 0 radical (unpaired) electrons. The second kappa shape index (κ2) is 8.21. The average molecular weight is 422 g/mol. The van der Waals surface area contributed by atoms with Crippen molar-refractivity contribution in [2.75, 3.05) is 18.4 Å². The molecule has 8 nitrogen and oxygen atoms in total. The average Bonchev–Trinajstić information content (AvgIpc) is 2.99. The molecule has 2 heterocycles. The molecule has 0 fully saturated rings. The molecule has 2 aromatic heterocycles. The fourth-order valence-electron chi connectivity index (χ4n) is 2.72. The highest BCUT2D eigenvalue weighted by molar-refractivity contribution is 7.89. The number of nitrogens with zero attached hydrogens (tertiary/aromatic N) is 4. The number of aromatic nitrogens is 4. The van der Waals surface area contributed by atoms with Crippen molar-refractivity contribution in [3.05, 3.63) is 59.2 Å². The summed E-state index contributed by atoms with van der Waals surface area (Å²) in [4.78, 5) is 8.30. The molecule has 0 amide bonds. The molecule has 0 unspecified atom stereocenters. The van der Waals surface area contributed by atoms with Gasteiger partial charge in [-0.3, -0.25) is 0 Å². The van der Waals surface area contributed by atoms with E-state index in [4.69, 9.17) is 0 Å². The largest absolute Gasteiger partial charge is 0.369 e. The van der Waals surface area contributed by atoms with Gasteiger partial charge in [0.2, 0.25) is 10.0 Å². The van der Waals surface area contributed by atoms with Crippen LogP contribution in [0.5, 0.6) is 0 Å². The van der Waals surface area contributed by atoms with Crippen LogP contribution in [0.3, 0.4) is 0 Å². The summed E-state index contributed by atoms with van der Waals surface area (Å²) in [5, 5.41) is 7.40. The number of hydrogen-bond acceptors (Lipinski definition) is 6. The third-order valence-electron chi connectivity index (χ3n) is 3.98. The Morgan fingerprint density at radius 2 is 1.76 bits per heavy atom. The Bertz CT molecular complexity index is 1150. The maximum atomic E-state index is 13.3. The monoisotopic (exact) mass is 422 g/mol. The summed E-state index contributed by atoms with van der Waals surface area (Å²) in [6.45, 7) is 5.77. The van der Waals surface area contributed by atoms with Gasteiger partial charge in [-0.05, 0) is 45.0 Å². The van der Waals surface area contributed by atoms with Crippen molar-refractivity contribution in [3.63, 3.8) is 0 Å². The summed E-state index contributed by atoms with van der Waals surface area (Å²) in [7, 11) is -3.96. The van der Waals surface area contributed by atoms with Gasteiger partial charge in [0.05, 0.1) is 10.6 Å². The van der Waals surface area contributed by atoms with Crippen molar-refractivity contribution >= 4 is 15.8 Å². The van der Waals surface area contributed by atoms with Crippen molar-refractivity contribution in [3.8, 4) is 5.82 Å². The minimum atomic E-state index is -3.96. The number of aryl methyl sites for hydroxylation is 3. The SMILES string of the molecule is Cc1cc(C)n(-c2cc(NCCNS(=O)(=O)c3ccc(F)c(F)c3)nc(C)n2)n1. The molecule has 3 rings (SSSR count). The van der Waals surface area contributed by atoms with E-state index in [0.29, 0.717) is 23.5 Å². The molecule has 0 aliphatic rings. The first-order valence-electron chi connectivity index (χ1n) is 8.73. The zero-order valence-corrected chi connectivity index (χ0v) is 16.9. The first-order chi connectivity index (χ1) is 13.7. The predicted molar refractivity (Wildman–Crippen MR) is 103 cm³/mol. The molecule has 0 aliphatic heterocycles.